The van der Waals surface area contributed by atoms with E-state index in [4.69, 9.17) is 0 Å². The van der Waals surface area contributed by atoms with Gasteiger partial charge in [0.2, 0.25) is 10.0 Å². The molecule has 0 radical (unpaired) electrons. The minimum absolute atomic E-state index is 0. The molecule has 0 aromatic rings. The smallest absolute Gasteiger partial charge is 0.213 e. The third-order valence-electron chi connectivity index (χ3n) is 4.31. The van der Waals surface area contributed by atoms with E-state index < -0.39 is 10.0 Å². The second-order valence-electron chi connectivity index (χ2n) is 5.22. The molecule has 18 heavy (non-hydrogen) atoms. The molecule has 1 N–H and O–H groups in total. The van der Waals surface area contributed by atoms with E-state index in [0.717, 1.165) is 50.9 Å². The van der Waals surface area contributed by atoms with Crippen LogP contribution in [-0.4, -0.2) is 44.7 Å². The highest BCUT2D eigenvalue weighted by Crippen LogP contribution is 2.31. The molecular formula is C12H25ClN2O2S. The summed E-state index contributed by atoms with van der Waals surface area (Å²) in [7, 11) is -2.95. The van der Waals surface area contributed by atoms with Gasteiger partial charge in [0.1, 0.15) is 0 Å². The van der Waals surface area contributed by atoms with Crippen LogP contribution in [0.1, 0.15) is 32.6 Å². The fourth-order valence-corrected chi connectivity index (χ4v) is 4.26. The molecule has 2 aliphatic rings. The van der Waals surface area contributed by atoms with Crippen molar-refractivity contribution in [3.8, 4) is 0 Å². The Morgan fingerprint density at radius 2 is 1.56 bits per heavy atom. The standard InChI is InChI=1S/C12H24N2O2S.ClH/c1-2-17(15,16)14-9-5-12(6-10-14)11-3-7-13-8-4-11;/h11-13H,2-10H2,1H3;1H. The van der Waals surface area contributed by atoms with Gasteiger partial charge < -0.3 is 5.32 Å². The maximum absolute atomic E-state index is 11.8. The van der Waals surface area contributed by atoms with Crippen molar-refractivity contribution in [3.05, 3.63) is 0 Å². The molecule has 2 rings (SSSR count). The van der Waals surface area contributed by atoms with Gasteiger partial charge >= 0.3 is 0 Å². The first-order valence-corrected chi connectivity index (χ1v) is 8.43. The molecule has 0 saturated carbocycles. The topological polar surface area (TPSA) is 49.4 Å². The molecule has 0 atom stereocenters. The molecule has 6 heteroatoms. The predicted molar refractivity (Wildman–Crippen MR) is 76.6 cm³/mol. The summed E-state index contributed by atoms with van der Waals surface area (Å²) in [5.74, 6) is 1.81. The Kier molecular flexibility index (Phi) is 6.38. The van der Waals surface area contributed by atoms with Crippen molar-refractivity contribution < 1.29 is 8.42 Å². The summed E-state index contributed by atoms with van der Waals surface area (Å²) < 4.78 is 25.2. The van der Waals surface area contributed by atoms with Gasteiger partial charge in [-0.2, -0.15) is 0 Å². The highest BCUT2D eigenvalue weighted by atomic mass is 35.5. The zero-order chi connectivity index (χ0) is 12.3. The van der Waals surface area contributed by atoms with Gasteiger partial charge in [-0.1, -0.05) is 0 Å². The van der Waals surface area contributed by atoms with E-state index >= 15 is 0 Å². The Morgan fingerprint density at radius 1 is 1.06 bits per heavy atom. The number of sulfonamides is 1. The predicted octanol–water partition coefficient (Wildman–Crippen LogP) is 1.47. The van der Waals surface area contributed by atoms with Crippen LogP contribution in [0.4, 0.5) is 0 Å². The fraction of sp³-hybridized carbons (Fsp3) is 1.00. The third kappa shape index (κ3) is 3.83. The van der Waals surface area contributed by atoms with Gasteiger partial charge in [-0.15, -0.1) is 12.4 Å². The highest BCUT2D eigenvalue weighted by Gasteiger charge is 2.31. The number of rotatable bonds is 3. The minimum Gasteiger partial charge on any atom is -0.317 e. The number of halogens is 1. The number of piperidine rings is 2. The molecule has 0 amide bonds. The van der Waals surface area contributed by atoms with Crippen LogP contribution in [0.15, 0.2) is 0 Å². The number of hydrogen-bond donors (Lipinski definition) is 1. The summed E-state index contributed by atoms with van der Waals surface area (Å²) in [6.45, 7) is 5.49. The van der Waals surface area contributed by atoms with Crippen LogP contribution >= 0.6 is 12.4 Å². The van der Waals surface area contributed by atoms with Crippen LogP contribution in [0.2, 0.25) is 0 Å². The average molecular weight is 297 g/mol. The van der Waals surface area contributed by atoms with Crippen molar-refractivity contribution in [3.63, 3.8) is 0 Å². The van der Waals surface area contributed by atoms with E-state index in [0.29, 0.717) is 0 Å². The van der Waals surface area contributed by atoms with Gasteiger partial charge in [0.15, 0.2) is 0 Å². The van der Waals surface area contributed by atoms with Gasteiger partial charge in [-0.25, -0.2) is 12.7 Å². The lowest BCUT2D eigenvalue weighted by atomic mass is 9.79. The van der Waals surface area contributed by atoms with E-state index in [9.17, 15) is 8.42 Å². The van der Waals surface area contributed by atoms with Crippen LogP contribution in [0.3, 0.4) is 0 Å². The average Bonchev–Trinajstić information content (AvgIpc) is 2.40. The number of nitrogens with zero attached hydrogens (tertiary/aromatic N) is 1. The van der Waals surface area contributed by atoms with E-state index in [1.165, 1.54) is 12.8 Å². The Balaban J connectivity index is 0.00000162. The van der Waals surface area contributed by atoms with Crippen LogP contribution in [-0.2, 0) is 10.0 Å². The molecular weight excluding hydrogens is 272 g/mol. The third-order valence-corrected chi connectivity index (χ3v) is 6.19. The second-order valence-corrected chi connectivity index (χ2v) is 7.48. The molecule has 2 saturated heterocycles. The van der Waals surface area contributed by atoms with Gasteiger partial charge in [0, 0.05) is 13.1 Å². The molecule has 2 fully saturated rings. The Bertz CT molecular complexity index is 334. The summed E-state index contributed by atoms with van der Waals surface area (Å²) >= 11 is 0. The fourth-order valence-electron chi connectivity index (χ4n) is 3.12. The first-order valence-electron chi connectivity index (χ1n) is 6.82. The second kappa shape index (κ2) is 7.08. The lowest BCUT2D eigenvalue weighted by Gasteiger charge is -2.37. The molecule has 0 unspecified atom stereocenters. The molecule has 2 aliphatic heterocycles. The number of nitrogens with one attached hydrogen (secondary N) is 1. The van der Waals surface area contributed by atoms with Crippen molar-refractivity contribution >= 4 is 22.4 Å². The molecule has 0 aliphatic carbocycles. The normalized spacial score (nSPS) is 24.7. The van der Waals surface area contributed by atoms with Crippen LogP contribution in [0.5, 0.6) is 0 Å². The monoisotopic (exact) mass is 296 g/mol. The molecule has 4 nitrogen and oxygen atoms in total. The minimum atomic E-state index is -2.95. The van der Waals surface area contributed by atoms with Crippen molar-refractivity contribution in [1.82, 2.24) is 9.62 Å². The maximum Gasteiger partial charge on any atom is 0.213 e. The van der Waals surface area contributed by atoms with Crippen molar-refractivity contribution in [2.75, 3.05) is 31.9 Å². The maximum atomic E-state index is 11.8. The zero-order valence-electron chi connectivity index (χ0n) is 11.1. The summed E-state index contributed by atoms with van der Waals surface area (Å²) in [6, 6.07) is 0. The van der Waals surface area contributed by atoms with E-state index in [-0.39, 0.29) is 18.2 Å². The highest BCUT2D eigenvalue weighted by molar-refractivity contribution is 7.89. The summed E-state index contributed by atoms with van der Waals surface area (Å²) in [4.78, 5) is 0. The molecule has 0 aromatic carbocycles. The van der Waals surface area contributed by atoms with Crippen molar-refractivity contribution in [2.45, 2.75) is 32.6 Å². The van der Waals surface area contributed by atoms with Crippen LogP contribution < -0.4 is 5.32 Å². The van der Waals surface area contributed by atoms with Gasteiger partial charge in [-0.3, -0.25) is 0 Å². The lowest BCUT2D eigenvalue weighted by Crippen LogP contribution is -2.42. The summed E-state index contributed by atoms with van der Waals surface area (Å²) in [5.41, 5.74) is 0. The van der Waals surface area contributed by atoms with Crippen LogP contribution in [0.25, 0.3) is 0 Å². The van der Waals surface area contributed by atoms with Crippen molar-refractivity contribution in [1.29, 1.82) is 0 Å². The van der Waals surface area contributed by atoms with Crippen molar-refractivity contribution in [2.24, 2.45) is 11.8 Å². The van der Waals surface area contributed by atoms with E-state index in [1.807, 2.05) is 0 Å². The van der Waals surface area contributed by atoms with Gasteiger partial charge in [0.05, 0.1) is 5.75 Å². The Hall–Kier alpha value is 0.160. The molecule has 108 valence electrons. The lowest BCUT2D eigenvalue weighted by molar-refractivity contribution is 0.176. The molecule has 0 bridgehead atoms. The summed E-state index contributed by atoms with van der Waals surface area (Å²) in [5, 5.41) is 3.39. The SMILES string of the molecule is CCS(=O)(=O)N1CCC(C2CCNCC2)CC1.Cl. The summed E-state index contributed by atoms with van der Waals surface area (Å²) in [6.07, 6.45) is 4.66. The van der Waals surface area contributed by atoms with Gasteiger partial charge in [0.25, 0.3) is 0 Å². The molecule has 0 spiro atoms. The quantitative estimate of drug-likeness (QED) is 0.858. The zero-order valence-corrected chi connectivity index (χ0v) is 12.7. The van der Waals surface area contributed by atoms with Gasteiger partial charge in [-0.05, 0) is 57.5 Å². The van der Waals surface area contributed by atoms with Crippen LogP contribution in [0, 0.1) is 11.8 Å². The first-order chi connectivity index (χ1) is 8.13. The van der Waals surface area contributed by atoms with E-state index in [2.05, 4.69) is 5.32 Å². The molecule has 2 heterocycles. The number of hydrogen-bond acceptors (Lipinski definition) is 3. The largest absolute Gasteiger partial charge is 0.317 e. The van der Waals surface area contributed by atoms with E-state index in [1.54, 1.807) is 11.2 Å². The Morgan fingerprint density at radius 3 is 2.06 bits per heavy atom. The first kappa shape index (κ1) is 16.2. The Labute approximate surface area is 117 Å². The molecule has 0 aromatic heterocycles.